The Hall–Kier alpha value is -3.42. The van der Waals surface area contributed by atoms with E-state index in [0.29, 0.717) is 27.6 Å². The van der Waals surface area contributed by atoms with E-state index in [4.69, 9.17) is 0 Å². The average Bonchev–Trinajstić information content (AvgIpc) is 3.36. The smallest absolute Gasteiger partial charge is 0.260 e. The number of thiophene rings is 1. The van der Waals surface area contributed by atoms with Crippen molar-refractivity contribution in [1.29, 1.82) is 5.26 Å². The summed E-state index contributed by atoms with van der Waals surface area (Å²) in [7, 11) is 1.65. The molecule has 0 aliphatic rings. The molecule has 156 valence electrons. The van der Waals surface area contributed by atoms with Gasteiger partial charge < -0.3 is 10.3 Å². The lowest BCUT2D eigenvalue weighted by molar-refractivity contribution is -0.115. The standard InChI is InChI=1S/C21H18N6O2S2/c1-3-15(18(28)24-17-13(9-22)10-23-27(17)2)31-21-25-19(29)16-14(11-30-20(16)26-21)12-7-5-4-6-8-12/h4-8,10-11,15H,3H2,1-2H3,(H,24,28)(H,25,26,29). The quantitative estimate of drug-likeness (QED) is 0.341. The third-order valence-electron chi connectivity index (χ3n) is 4.72. The van der Waals surface area contributed by atoms with Crippen molar-refractivity contribution in [3.05, 3.63) is 57.8 Å². The number of aromatic nitrogens is 4. The van der Waals surface area contributed by atoms with Crippen molar-refractivity contribution in [2.24, 2.45) is 7.05 Å². The molecule has 4 rings (SSSR count). The van der Waals surface area contributed by atoms with Crippen LogP contribution in [0.3, 0.4) is 0 Å². The Labute approximate surface area is 185 Å². The number of hydrogen-bond donors (Lipinski definition) is 2. The van der Waals surface area contributed by atoms with Gasteiger partial charge in [-0.25, -0.2) is 4.98 Å². The molecule has 0 aliphatic carbocycles. The van der Waals surface area contributed by atoms with Crippen LogP contribution in [0.5, 0.6) is 0 Å². The molecule has 1 amide bonds. The van der Waals surface area contributed by atoms with Gasteiger partial charge in [0.25, 0.3) is 5.56 Å². The van der Waals surface area contributed by atoms with E-state index in [-0.39, 0.29) is 17.0 Å². The maximum absolute atomic E-state index is 12.8. The number of hydrogen-bond acceptors (Lipinski definition) is 7. The van der Waals surface area contributed by atoms with Gasteiger partial charge in [0.15, 0.2) is 5.16 Å². The Morgan fingerprint density at radius 1 is 1.39 bits per heavy atom. The Kier molecular flexibility index (Phi) is 5.88. The van der Waals surface area contributed by atoms with E-state index in [1.165, 1.54) is 34.0 Å². The van der Waals surface area contributed by atoms with E-state index in [0.717, 1.165) is 11.1 Å². The zero-order valence-electron chi connectivity index (χ0n) is 16.7. The summed E-state index contributed by atoms with van der Waals surface area (Å²) in [6, 6.07) is 11.7. The monoisotopic (exact) mass is 450 g/mol. The number of carbonyl (C=O) groups excluding carboxylic acids is 1. The molecule has 10 heteroatoms. The number of anilines is 1. The number of carbonyl (C=O) groups is 1. The van der Waals surface area contributed by atoms with Crippen LogP contribution in [0.4, 0.5) is 5.82 Å². The van der Waals surface area contributed by atoms with Gasteiger partial charge in [0.05, 0.1) is 16.8 Å². The molecule has 3 heterocycles. The van der Waals surface area contributed by atoms with Crippen LogP contribution in [0.25, 0.3) is 21.3 Å². The van der Waals surface area contributed by atoms with Crippen LogP contribution in [0, 0.1) is 11.3 Å². The van der Waals surface area contributed by atoms with E-state index in [9.17, 15) is 14.9 Å². The summed E-state index contributed by atoms with van der Waals surface area (Å²) < 4.78 is 1.44. The van der Waals surface area contributed by atoms with Crippen LogP contribution < -0.4 is 10.9 Å². The minimum absolute atomic E-state index is 0.235. The van der Waals surface area contributed by atoms with Gasteiger partial charge in [0, 0.05) is 18.0 Å². The highest BCUT2D eigenvalue weighted by Crippen LogP contribution is 2.32. The first kappa shape index (κ1) is 20.8. The van der Waals surface area contributed by atoms with Crippen LogP contribution in [0.15, 0.2) is 51.9 Å². The number of benzene rings is 1. The largest absolute Gasteiger partial charge is 0.309 e. The molecule has 0 saturated carbocycles. The molecule has 4 aromatic rings. The second-order valence-electron chi connectivity index (χ2n) is 6.71. The van der Waals surface area contributed by atoms with Gasteiger partial charge in [-0.2, -0.15) is 10.4 Å². The molecule has 0 aliphatic heterocycles. The third kappa shape index (κ3) is 4.10. The SMILES string of the molecule is CCC(Sc1nc2scc(-c3ccccc3)c2c(=O)[nH]1)C(=O)Nc1c(C#N)cnn1C. The Bertz CT molecular complexity index is 1350. The topological polar surface area (TPSA) is 116 Å². The number of aromatic amines is 1. The van der Waals surface area contributed by atoms with Gasteiger partial charge in [0.1, 0.15) is 22.3 Å². The maximum atomic E-state index is 12.8. The van der Waals surface area contributed by atoms with E-state index < -0.39 is 5.25 Å². The van der Waals surface area contributed by atoms with Crippen LogP contribution in [-0.4, -0.2) is 30.9 Å². The predicted molar refractivity (Wildman–Crippen MR) is 122 cm³/mol. The summed E-state index contributed by atoms with van der Waals surface area (Å²) >= 11 is 2.59. The second-order valence-corrected chi connectivity index (χ2v) is 8.76. The summed E-state index contributed by atoms with van der Waals surface area (Å²) in [4.78, 5) is 33.6. The van der Waals surface area contributed by atoms with E-state index >= 15 is 0 Å². The van der Waals surface area contributed by atoms with E-state index in [1.807, 2.05) is 48.7 Å². The molecule has 2 N–H and O–H groups in total. The number of thioether (sulfide) groups is 1. The third-order valence-corrected chi connectivity index (χ3v) is 6.85. The van der Waals surface area contributed by atoms with Crippen molar-refractivity contribution in [3.8, 4) is 17.2 Å². The summed E-state index contributed by atoms with van der Waals surface area (Å²) in [6.07, 6.45) is 1.91. The van der Waals surface area contributed by atoms with E-state index in [1.54, 1.807) is 7.05 Å². The number of amides is 1. The molecule has 0 fully saturated rings. The average molecular weight is 451 g/mol. The van der Waals surface area contributed by atoms with Crippen molar-refractivity contribution in [3.63, 3.8) is 0 Å². The molecule has 0 saturated heterocycles. The van der Waals surface area contributed by atoms with Crippen LogP contribution >= 0.6 is 23.1 Å². The van der Waals surface area contributed by atoms with Gasteiger partial charge in [-0.1, -0.05) is 49.0 Å². The Morgan fingerprint density at radius 3 is 2.87 bits per heavy atom. The summed E-state index contributed by atoms with van der Waals surface area (Å²) in [5.41, 5.74) is 1.85. The van der Waals surface area contributed by atoms with Gasteiger partial charge in [-0.3, -0.25) is 14.3 Å². The van der Waals surface area contributed by atoms with E-state index in [2.05, 4.69) is 20.4 Å². The zero-order chi connectivity index (χ0) is 22.0. The molecular formula is C21H18N6O2S2. The lowest BCUT2D eigenvalue weighted by Gasteiger charge is -2.14. The minimum Gasteiger partial charge on any atom is -0.309 e. The Balaban J connectivity index is 1.60. The predicted octanol–water partition coefficient (Wildman–Crippen LogP) is 3.77. The molecule has 0 bridgehead atoms. The fourth-order valence-corrected chi connectivity index (χ4v) is 5.04. The summed E-state index contributed by atoms with van der Waals surface area (Å²) in [5, 5.41) is 18.3. The molecule has 0 spiro atoms. The fourth-order valence-electron chi connectivity index (χ4n) is 3.14. The van der Waals surface area contributed by atoms with Gasteiger partial charge in [0.2, 0.25) is 5.91 Å². The second kappa shape index (κ2) is 8.75. The highest BCUT2D eigenvalue weighted by molar-refractivity contribution is 8.00. The molecule has 1 aromatic carbocycles. The number of rotatable bonds is 6. The van der Waals surface area contributed by atoms with Crippen LogP contribution in [-0.2, 0) is 11.8 Å². The summed E-state index contributed by atoms with van der Waals surface area (Å²) in [6.45, 7) is 1.88. The maximum Gasteiger partial charge on any atom is 0.260 e. The highest BCUT2D eigenvalue weighted by atomic mass is 32.2. The Morgan fingerprint density at radius 2 is 2.16 bits per heavy atom. The fraction of sp³-hybridized carbons (Fsp3) is 0.190. The van der Waals surface area contributed by atoms with Crippen molar-refractivity contribution in [2.45, 2.75) is 23.8 Å². The van der Waals surface area contributed by atoms with Crippen molar-refractivity contribution in [1.82, 2.24) is 19.7 Å². The van der Waals surface area contributed by atoms with Crippen molar-refractivity contribution >= 4 is 45.0 Å². The zero-order valence-corrected chi connectivity index (χ0v) is 18.4. The molecule has 31 heavy (non-hydrogen) atoms. The lowest BCUT2D eigenvalue weighted by atomic mass is 10.1. The number of nitriles is 1. The van der Waals surface area contributed by atoms with Crippen LogP contribution in [0.2, 0.25) is 0 Å². The minimum atomic E-state index is -0.504. The highest BCUT2D eigenvalue weighted by Gasteiger charge is 2.23. The summed E-state index contributed by atoms with van der Waals surface area (Å²) in [5.74, 6) is 0.0562. The molecule has 1 unspecified atom stereocenters. The number of nitrogens with zero attached hydrogens (tertiary/aromatic N) is 4. The molecule has 1 atom stereocenters. The first-order valence-corrected chi connectivity index (χ1v) is 11.2. The first-order valence-electron chi connectivity index (χ1n) is 9.48. The lowest BCUT2D eigenvalue weighted by Crippen LogP contribution is -2.26. The number of nitrogens with one attached hydrogen (secondary N) is 2. The van der Waals surface area contributed by atoms with Crippen molar-refractivity contribution in [2.75, 3.05) is 5.32 Å². The molecular weight excluding hydrogens is 432 g/mol. The normalized spacial score (nSPS) is 11.9. The first-order chi connectivity index (χ1) is 15.0. The molecule has 8 nitrogen and oxygen atoms in total. The van der Waals surface area contributed by atoms with Crippen molar-refractivity contribution < 1.29 is 4.79 Å². The number of H-pyrrole nitrogens is 1. The molecule has 0 radical (unpaired) electrons. The van der Waals surface area contributed by atoms with Gasteiger partial charge >= 0.3 is 0 Å². The van der Waals surface area contributed by atoms with Gasteiger partial charge in [-0.05, 0) is 12.0 Å². The number of fused-ring (bicyclic) bond motifs is 1. The van der Waals surface area contributed by atoms with Crippen LogP contribution in [0.1, 0.15) is 18.9 Å². The number of aryl methyl sites for hydroxylation is 1. The molecule has 3 aromatic heterocycles. The van der Waals surface area contributed by atoms with Gasteiger partial charge in [-0.15, -0.1) is 11.3 Å².